The van der Waals surface area contributed by atoms with Gasteiger partial charge < -0.3 is 14.8 Å². The lowest BCUT2D eigenvalue weighted by atomic mass is 10.1. The number of amides is 1. The maximum absolute atomic E-state index is 12.1. The van der Waals surface area contributed by atoms with Crippen LogP contribution in [0.5, 0.6) is 5.75 Å². The van der Waals surface area contributed by atoms with Crippen LogP contribution in [0, 0.1) is 0 Å². The van der Waals surface area contributed by atoms with Gasteiger partial charge in [-0.2, -0.15) is 0 Å². The highest BCUT2D eigenvalue weighted by molar-refractivity contribution is 5.96. The average molecular weight is 353 g/mol. The molecule has 2 aromatic rings. The number of rotatable bonds is 7. The van der Waals surface area contributed by atoms with E-state index < -0.39 is 12.1 Å². The van der Waals surface area contributed by atoms with Crippen molar-refractivity contribution >= 4 is 23.6 Å². The second-order valence-electron chi connectivity index (χ2n) is 5.69. The minimum absolute atomic E-state index is 0.381. The summed E-state index contributed by atoms with van der Waals surface area (Å²) in [5, 5.41) is 2.73. The van der Waals surface area contributed by atoms with E-state index in [2.05, 4.69) is 12.2 Å². The first-order chi connectivity index (χ1) is 12.5. The van der Waals surface area contributed by atoms with Gasteiger partial charge in [-0.25, -0.2) is 4.79 Å². The molecule has 0 aliphatic heterocycles. The van der Waals surface area contributed by atoms with E-state index in [1.165, 1.54) is 18.6 Å². The molecule has 0 unspecified atom stereocenters. The van der Waals surface area contributed by atoms with E-state index >= 15 is 0 Å². The molecule has 1 amide bonds. The molecule has 0 saturated heterocycles. The van der Waals surface area contributed by atoms with Crippen LogP contribution in [0.25, 0.3) is 6.08 Å². The Morgan fingerprint density at radius 2 is 1.81 bits per heavy atom. The highest BCUT2D eigenvalue weighted by Crippen LogP contribution is 2.18. The summed E-state index contributed by atoms with van der Waals surface area (Å²) in [4.78, 5) is 24.1. The lowest BCUT2D eigenvalue weighted by Crippen LogP contribution is -2.29. The van der Waals surface area contributed by atoms with E-state index in [1.54, 1.807) is 19.3 Å². The zero-order valence-corrected chi connectivity index (χ0v) is 15.2. The molecule has 1 atom stereocenters. The van der Waals surface area contributed by atoms with Crippen molar-refractivity contribution in [2.45, 2.75) is 26.4 Å². The topological polar surface area (TPSA) is 64.6 Å². The molecule has 26 heavy (non-hydrogen) atoms. The molecule has 0 fully saturated rings. The normalized spacial score (nSPS) is 11.8. The van der Waals surface area contributed by atoms with E-state index in [1.807, 2.05) is 42.5 Å². The number of nitrogens with one attached hydrogen (secondary N) is 1. The lowest BCUT2D eigenvalue weighted by Gasteiger charge is -2.12. The third-order valence-electron chi connectivity index (χ3n) is 3.83. The van der Waals surface area contributed by atoms with E-state index in [0.717, 1.165) is 12.0 Å². The van der Waals surface area contributed by atoms with Crippen molar-refractivity contribution in [2.75, 3.05) is 12.4 Å². The molecule has 0 radical (unpaired) electrons. The quantitative estimate of drug-likeness (QED) is 0.607. The zero-order chi connectivity index (χ0) is 18.9. The van der Waals surface area contributed by atoms with Gasteiger partial charge in [0.25, 0.3) is 5.91 Å². The number of aryl methyl sites for hydroxylation is 1. The summed E-state index contributed by atoms with van der Waals surface area (Å²) in [5.74, 6) is -0.328. The molecular weight excluding hydrogens is 330 g/mol. The van der Waals surface area contributed by atoms with E-state index in [-0.39, 0.29) is 5.91 Å². The van der Waals surface area contributed by atoms with E-state index in [9.17, 15) is 9.59 Å². The molecule has 5 nitrogen and oxygen atoms in total. The van der Waals surface area contributed by atoms with Crippen LogP contribution in [0.4, 0.5) is 5.69 Å². The molecule has 0 spiro atoms. The largest absolute Gasteiger partial charge is 0.496 e. The summed E-state index contributed by atoms with van der Waals surface area (Å²) in [6, 6.07) is 14.8. The number of benzene rings is 2. The van der Waals surface area contributed by atoms with Crippen LogP contribution < -0.4 is 10.1 Å². The number of para-hydroxylation sites is 1. The van der Waals surface area contributed by atoms with Crippen LogP contribution in [0.15, 0.2) is 54.6 Å². The first-order valence-electron chi connectivity index (χ1n) is 8.45. The van der Waals surface area contributed by atoms with Crippen LogP contribution in [0.1, 0.15) is 25.0 Å². The second-order valence-corrected chi connectivity index (χ2v) is 5.69. The van der Waals surface area contributed by atoms with Gasteiger partial charge in [0.15, 0.2) is 6.10 Å². The van der Waals surface area contributed by atoms with Crippen LogP contribution in [-0.4, -0.2) is 25.1 Å². The smallest absolute Gasteiger partial charge is 0.331 e. The number of hydrogen-bond donors (Lipinski definition) is 1. The van der Waals surface area contributed by atoms with E-state index in [0.29, 0.717) is 11.4 Å². The van der Waals surface area contributed by atoms with Gasteiger partial charge >= 0.3 is 5.97 Å². The molecule has 2 aromatic carbocycles. The van der Waals surface area contributed by atoms with Gasteiger partial charge in [-0.15, -0.1) is 0 Å². The SMILES string of the molecule is CCc1ccc(NC(=O)[C@@H](C)OC(=O)/C=C/c2ccccc2OC)cc1. The molecule has 5 heteroatoms. The summed E-state index contributed by atoms with van der Waals surface area (Å²) in [5.41, 5.74) is 2.60. The highest BCUT2D eigenvalue weighted by atomic mass is 16.5. The number of carbonyl (C=O) groups is 2. The maximum atomic E-state index is 12.1. The fraction of sp³-hybridized carbons (Fsp3) is 0.238. The number of esters is 1. The van der Waals surface area contributed by atoms with Crippen molar-refractivity contribution in [3.05, 3.63) is 65.7 Å². The Balaban J connectivity index is 1.90. The predicted molar refractivity (Wildman–Crippen MR) is 102 cm³/mol. The van der Waals surface area contributed by atoms with Crippen molar-refractivity contribution in [1.29, 1.82) is 0 Å². The molecule has 0 aliphatic rings. The number of carbonyl (C=O) groups excluding carboxylic acids is 2. The van der Waals surface area contributed by atoms with Crippen molar-refractivity contribution in [3.63, 3.8) is 0 Å². The average Bonchev–Trinajstić information content (AvgIpc) is 2.67. The Hall–Kier alpha value is -3.08. The summed E-state index contributed by atoms with van der Waals surface area (Å²) in [7, 11) is 1.56. The molecular formula is C21H23NO4. The standard InChI is InChI=1S/C21H23NO4/c1-4-16-9-12-18(13-10-16)22-21(24)15(2)26-20(23)14-11-17-7-5-6-8-19(17)25-3/h5-15H,4H2,1-3H3,(H,22,24)/b14-11+/t15-/m1/s1. The Kier molecular flexibility index (Phi) is 6.97. The third-order valence-corrected chi connectivity index (χ3v) is 3.83. The monoisotopic (exact) mass is 353 g/mol. The van der Waals surface area contributed by atoms with Crippen molar-refractivity contribution in [1.82, 2.24) is 0 Å². The van der Waals surface area contributed by atoms with Gasteiger partial charge in [-0.05, 0) is 43.2 Å². The Morgan fingerprint density at radius 3 is 2.46 bits per heavy atom. The maximum Gasteiger partial charge on any atom is 0.331 e. The fourth-order valence-electron chi connectivity index (χ4n) is 2.30. The number of methoxy groups -OCH3 is 1. The Labute approximate surface area is 153 Å². The molecule has 0 aliphatic carbocycles. The van der Waals surface area contributed by atoms with Gasteiger partial charge in [0, 0.05) is 17.3 Å². The van der Waals surface area contributed by atoms with Crippen LogP contribution in [-0.2, 0) is 20.7 Å². The second kappa shape index (κ2) is 9.42. The predicted octanol–water partition coefficient (Wildman–Crippen LogP) is 3.84. The summed E-state index contributed by atoms with van der Waals surface area (Å²) < 4.78 is 10.4. The van der Waals surface area contributed by atoms with E-state index in [4.69, 9.17) is 9.47 Å². The number of hydrogen-bond acceptors (Lipinski definition) is 4. The van der Waals surface area contributed by atoms with Crippen LogP contribution in [0.3, 0.4) is 0 Å². The number of anilines is 1. The van der Waals surface area contributed by atoms with Gasteiger partial charge in [0.05, 0.1) is 7.11 Å². The molecule has 0 aromatic heterocycles. The highest BCUT2D eigenvalue weighted by Gasteiger charge is 2.16. The van der Waals surface area contributed by atoms with Gasteiger partial charge in [-0.1, -0.05) is 37.3 Å². The van der Waals surface area contributed by atoms with Gasteiger partial charge in [0.1, 0.15) is 5.75 Å². The lowest BCUT2D eigenvalue weighted by molar-refractivity contribution is -0.148. The molecule has 2 rings (SSSR count). The Morgan fingerprint density at radius 1 is 1.12 bits per heavy atom. The van der Waals surface area contributed by atoms with Gasteiger partial charge in [-0.3, -0.25) is 4.79 Å². The summed E-state index contributed by atoms with van der Waals surface area (Å²) >= 11 is 0. The van der Waals surface area contributed by atoms with Crippen molar-refractivity contribution in [2.24, 2.45) is 0 Å². The van der Waals surface area contributed by atoms with Crippen LogP contribution >= 0.6 is 0 Å². The first-order valence-corrected chi connectivity index (χ1v) is 8.45. The van der Waals surface area contributed by atoms with Crippen molar-refractivity contribution in [3.8, 4) is 5.75 Å². The number of ether oxygens (including phenoxy) is 2. The minimum atomic E-state index is -0.907. The zero-order valence-electron chi connectivity index (χ0n) is 15.2. The Bertz CT molecular complexity index is 781. The minimum Gasteiger partial charge on any atom is -0.496 e. The molecule has 0 saturated carbocycles. The summed E-state index contributed by atoms with van der Waals surface area (Å²) in [6.45, 7) is 3.60. The molecule has 136 valence electrons. The molecule has 0 bridgehead atoms. The first kappa shape index (κ1) is 19.2. The molecule has 0 heterocycles. The van der Waals surface area contributed by atoms with Crippen molar-refractivity contribution < 1.29 is 19.1 Å². The molecule has 1 N–H and O–H groups in total. The summed E-state index contributed by atoms with van der Waals surface area (Å²) in [6.07, 6.45) is 2.89. The third kappa shape index (κ3) is 5.48. The fourth-order valence-corrected chi connectivity index (χ4v) is 2.30. The van der Waals surface area contributed by atoms with Gasteiger partial charge in [0.2, 0.25) is 0 Å². The van der Waals surface area contributed by atoms with Crippen LogP contribution in [0.2, 0.25) is 0 Å².